The molecule has 0 spiro atoms. The lowest BCUT2D eigenvalue weighted by Gasteiger charge is -2.11. The number of benzene rings is 1. The number of phenolic OH excluding ortho intramolecular Hbond substituents is 1. The smallest absolute Gasteiger partial charge is 0.125 e. The Balaban J connectivity index is 3.00. The zero-order valence-electron chi connectivity index (χ0n) is 7.95. The summed E-state index contributed by atoms with van der Waals surface area (Å²) in [5.74, 6) is 0.939. The average Bonchev–Trinajstić information content (AvgIpc) is 2.08. The lowest BCUT2D eigenvalue weighted by molar-refractivity contribution is 0.397. The van der Waals surface area contributed by atoms with Gasteiger partial charge in [0.15, 0.2) is 0 Å². The minimum absolute atomic E-state index is 0.0159. The molecule has 13 heavy (non-hydrogen) atoms. The van der Waals surface area contributed by atoms with Crippen molar-refractivity contribution in [3.8, 4) is 11.5 Å². The fourth-order valence-corrected chi connectivity index (χ4v) is 1.27. The van der Waals surface area contributed by atoms with E-state index in [9.17, 15) is 5.11 Å². The molecular formula is C10H15NO2. The van der Waals surface area contributed by atoms with Crippen LogP contribution in [0.3, 0.4) is 0 Å². The molecular weight excluding hydrogens is 166 g/mol. The van der Waals surface area contributed by atoms with Crippen LogP contribution >= 0.6 is 0 Å². The van der Waals surface area contributed by atoms with Crippen molar-refractivity contribution < 1.29 is 9.84 Å². The van der Waals surface area contributed by atoms with E-state index in [1.165, 1.54) is 0 Å². The Kier molecular flexibility index (Phi) is 3.14. The molecule has 1 aromatic carbocycles. The molecule has 0 heterocycles. The van der Waals surface area contributed by atoms with Crippen LogP contribution in [-0.2, 0) is 6.42 Å². The molecule has 72 valence electrons. The van der Waals surface area contributed by atoms with Gasteiger partial charge in [-0.1, -0.05) is 6.07 Å². The van der Waals surface area contributed by atoms with Gasteiger partial charge in [-0.05, 0) is 25.5 Å². The van der Waals surface area contributed by atoms with E-state index in [1.54, 1.807) is 19.2 Å². The van der Waals surface area contributed by atoms with E-state index in [1.807, 2.05) is 13.0 Å². The van der Waals surface area contributed by atoms with Crippen LogP contribution < -0.4 is 10.5 Å². The van der Waals surface area contributed by atoms with Crippen molar-refractivity contribution in [1.29, 1.82) is 0 Å². The molecule has 0 aromatic heterocycles. The molecule has 3 nitrogen and oxygen atoms in total. The van der Waals surface area contributed by atoms with E-state index in [-0.39, 0.29) is 11.8 Å². The molecule has 0 aliphatic heterocycles. The van der Waals surface area contributed by atoms with Gasteiger partial charge in [0.2, 0.25) is 0 Å². The summed E-state index contributed by atoms with van der Waals surface area (Å²) >= 11 is 0. The van der Waals surface area contributed by atoms with Gasteiger partial charge in [-0.25, -0.2) is 0 Å². The van der Waals surface area contributed by atoms with Crippen molar-refractivity contribution in [1.82, 2.24) is 0 Å². The number of nitrogens with two attached hydrogens (primary N) is 1. The normalized spacial score (nSPS) is 12.5. The van der Waals surface area contributed by atoms with E-state index in [0.717, 1.165) is 5.56 Å². The number of aromatic hydroxyl groups is 1. The Morgan fingerprint density at radius 1 is 1.54 bits per heavy atom. The second-order valence-electron chi connectivity index (χ2n) is 3.14. The molecule has 0 fully saturated rings. The van der Waals surface area contributed by atoms with Gasteiger partial charge in [0.25, 0.3) is 0 Å². The fourth-order valence-electron chi connectivity index (χ4n) is 1.27. The first kappa shape index (κ1) is 9.86. The minimum Gasteiger partial charge on any atom is -0.508 e. The van der Waals surface area contributed by atoms with E-state index in [0.29, 0.717) is 12.2 Å². The predicted octanol–water partition coefficient (Wildman–Crippen LogP) is 1.29. The van der Waals surface area contributed by atoms with Crippen molar-refractivity contribution in [3.63, 3.8) is 0 Å². The highest BCUT2D eigenvalue weighted by atomic mass is 16.5. The van der Waals surface area contributed by atoms with Crippen LogP contribution in [-0.4, -0.2) is 18.3 Å². The van der Waals surface area contributed by atoms with Gasteiger partial charge in [-0.3, -0.25) is 0 Å². The third kappa shape index (κ3) is 2.36. The van der Waals surface area contributed by atoms with Crippen LogP contribution in [0.25, 0.3) is 0 Å². The first-order valence-electron chi connectivity index (χ1n) is 4.25. The molecule has 0 amide bonds. The summed E-state index contributed by atoms with van der Waals surface area (Å²) in [6, 6.07) is 5.22. The zero-order valence-corrected chi connectivity index (χ0v) is 7.95. The molecule has 1 atom stereocenters. The number of ether oxygens (including phenoxy) is 1. The van der Waals surface area contributed by atoms with Crippen molar-refractivity contribution in [2.24, 2.45) is 5.73 Å². The zero-order chi connectivity index (χ0) is 9.84. The molecule has 1 aromatic rings. The highest BCUT2D eigenvalue weighted by Crippen LogP contribution is 2.27. The second-order valence-corrected chi connectivity index (χ2v) is 3.14. The highest BCUT2D eigenvalue weighted by molar-refractivity contribution is 5.44. The minimum atomic E-state index is 0.0159. The van der Waals surface area contributed by atoms with Crippen LogP contribution in [0, 0.1) is 0 Å². The van der Waals surface area contributed by atoms with E-state index < -0.39 is 0 Å². The number of hydrogen-bond acceptors (Lipinski definition) is 3. The van der Waals surface area contributed by atoms with Gasteiger partial charge >= 0.3 is 0 Å². The molecule has 1 rings (SSSR count). The first-order valence-corrected chi connectivity index (χ1v) is 4.25. The monoisotopic (exact) mass is 181 g/mol. The maximum Gasteiger partial charge on any atom is 0.125 e. The third-order valence-corrected chi connectivity index (χ3v) is 1.85. The molecule has 0 radical (unpaired) electrons. The van der Waals surface area contributed by atoms with Crippen molar-refractivity contribution in [3.05, 3.63) is 23.8 Å². The van der Waals surface area contributed by atoms with E-state index >= 15 is 0 Å². The van der Waals surface area contributed by atoms with Crippen molar-refractivity contribution >= 4 is 0 Å². The molecule has 0 saturated carbocycles. The summed E-state index contributed by atoms with van der Waals surface area (Å²) in [5, 5.41) is 9.54. The van der Waals surface area contributed by atoms with Crippen LogP contribution in [0.2, 0.25) is 0 Å². The lowest BCUT2D eigenvalue weighted by Crippen LogP contribution is -2.18. The summed E-state index contributed by atoms with van der Waals surface area (Å²) in [5.41, 5.74) is 6.43. The van der Waals surface area contributed by atoms with Gasteiger partial charge in [-0.2, -0.15) is 0 Å². The number of phenols is 1. The maximum absolute atomic E-state index is 9.54. The van der Waals surface area contributed by atoms with E-state index in [4.69, 9.17) is 10.5 Å². The Morgan fingerprint density at radius 2 is 2.23 bits per heavy atom. The summed E-state index contributed by atoms with van der Waals surface area (Å²) in [4.78, 5) is 0. The van der Waals surface area contributed by atoms with Gasteiger partial charge < -0.3 is 15.6 Å². The van der Waals surface area contributed by atoms with Crippen LogP contribution in [0.5, 0.6) is 11.5 Å². The molecule has 0 aliphatic carbocycles. The topological polar surface area (TPSA) is 55.5 Å². The Bertz CT molecular complexity index is 284. The lowest BCUT2D eigenvalue weighted by atomic mass is 10.1. The largest absolute Gasteiger partial charge is 0.508 e. The predicted molar refractivity (Wildman–Crippen MR) is 52.0 cm³/mol. The van der Waals surface area contributed by atoms with E-state index in [2.05, 4.69) is 0 Å². The molecule has 0 aliphatic rings. The first-order chi connectivity index (χ1) is 6.15. The molecule has 3 heteroatoms. The molecule has 0 unspecified atom stereocenters. The van der Waals surface area contributed by atoms with Crippen molar-refractivity contribution in [2.45, 2.75) is 19.4 Å². The number of hydrogen-bond donors (Lipinski definition) is 2. The summed E-state index contributed by atoms with van der Waals surface area (Å²) in [6.07, 6.45) is 0.621. The summed E-state index contributed by atoms with van der Waals surface area (Å²) < 4.78 is 5.11. The third-order valence-electron chi connectivity index (χ3n) is 1.85. The molecule has 0 saturated heterocycles. The number of methoxy groups -OCH3 is 1. The second kappa shape index (κ2) is 4.14. The average molecular weight is 181 g/mol. The highest BCUT2D eigenvalue weighted by Gasteiger charge is 2.09. The van der Waals surface area contributed by atoms with Gasteiger partial charge in [-0.15, -0.1) is 0 Å². The van der Waals surface area contributed by atoms with Crippen LogP contribution in [0.4, 0.5) is 0 Å². The Morgan fingerprint density at radius 3 is 2.77 bits per heavy atom. The maximum atomic E-state index is 9.54. The molecule has 3 N–H and O–H groups in total. The Hall–Kier alpha value is -1.22. The Labute approximate surface area is 78.1 Å². The number of rotatable bonds is 3. The van der Waals surface area contributed by atoms with Crippen molar-refractivity contribution in [2.75, 3.05) is 7.11 Å². The van der Waals surface area contributed by atoms with Gasteiger partial charge in [0, 0.05) is 11.6 Å². The standard InChI is InChI=1S/C10H15NO2/c1-7(11)6-8-9(12)4-3-5-10(8)13-2/h3-5,7,12H,6,11H2,1-2H3/t7-/m0/s1. The van der Waals surface area contributed by atoms with Crippen LogP contribution in [0.15, 0.2) is 18.2 Å². The van der Waals surface area contributed by atoms with Crippen LogP contribution in [0.1, 0.15) is 12.5 Å². The summed E-state index contributed by atoms with van der Waals surface area (Å²) in [7, 11) is 1.58. The fraction of sp³-hybridized carbons (Fsp3) is 0.400. The molecule has 0 bridgehead atoms. The van der Waals surface area contributed by atoms with Gasteiger partial charge in [0.1, 0.15) is 11.5 Å². The van der Waals surface area contributed by atoms with Gasteiger partial charge in [0.05, 0.1) is 7.11 Å². The summed E-state index contributed by atoms with van der Waals surface area (Å²) in [6.45, 7) is 1.89. The quantitative estimate of drug-likeness (QED) is 0.738. The SMILES string of the molecule is COc1cccc(O)c1C[C@H](C)N.